The number of aliphatic imine (C=N–C) groups is 2. The number of nitrogens with zero attached hydrogens (tertiary/aromatic N) is 2. The molecule has 0 bridgehead atoms. The van der Waals surface area contributed by atoms with Crippen molar-refractivity contribution >= 4 is 23.1 Å². The molecule has 1 unspecified atom stereocenters. The summed E-state index contributed by atoms with van der Waals surface area (Å²) < 4.78 is 5.72. The number of nitrogens with one attached hydrogen (secondary N) is 2. The van der Waals surface area contributed by atoms with Crippen LogP contribution < -0.4 is 16.4 Å². The van der Waals surface area contributed by atoms with Crippen molar-refractivity contribution in [2.45, 2.75) is 47.1 Å². The summed E-state index contributed by atoms with van der Waals surface area (Å²) in [6.45, 7) is 11.3. The molecule has 0 aliphatic rings. The van der Waals surface area contributed by atoms with Crippen LogP contribution in [0.25, 0.3) is 0 Å². The van der Waals surface area contributed by atoms with Gasteiger partial charge in [0, 0.05) is 24.9 Å². The van der Waals surface area contributed by atoms with Gasteiger partial charge in [-0.3, -0.25) is 9.98 Å². The van der Waals surface area contributed by atoms with Crippen molar-refractivity contribution in [2.75, 3.05) is 26.1 Å². The normalized spacial score (nSPS) is 15.6. The maximum Gasteiger partial charge on any atom is 0.117 e. The number of rotatable bonds is 12. The van der Waals surface area contributed by atoms with E-state index in [1.165, 1.54) is 0 Å². The third kappa shape index (κ3) is 11.5. The van der Waals surface area contributed by atoms with Crippen molar-refractivity contribution in [3.63, 3.8) is 0 Å². The zero-order valence-electron chi connectivity index (χ0n) is 17.6. The molecule has 0 aromatic carbocycles. The van der Waals surface area contributed by atoms with Crippen LogP contribution >= 0.6 is 11.6 Å². The minimum atomic E-state index is -0.0494. The molecule has 0 aromatic rings. The van der Waals surface area contributed by atoms with Gasteiger partial charge >= 0.3 is 0 Å². The Morgan fingerprint density at radius 3 is 2.48 bits per heavy atom. The Balaban J connectivity index is 5.32. The molecular weight excluding hydrogens is 362 g/mol. The molecule has 4 N–H and O–H groups in total. The van der Waals surface area contributed by atoms with Gasteiger partial charge < -0.3 is 21.1 Å². The fourth-order valence-corrected chi connectivity index (χ4v) is 2.34. The molecule has 0 amide bonds. The number of halogens is 1. The molecule has 0 rings (SSSR count). The Labute approximate surface area is 169 Å². The van der Waals surface area contributed by atoms with Crippen LogP contribution in [0.15, 0.2) is 45.9 Å². The van der Waals surface area contributed by atoms with Crippen LogP contribution in [0.4, 0.5) is 0 Å². The second kappa shape index (κ2) is 15.3. The molecule has 1 atom stereocenters. The summed E-state index contributed by atoms with van der Waals surface area (Å²) in [5.74, 6) is 1.57. The second-order valence-corrected chi connectivity index (χ2v) is 6.68. The monoisotopic (exact) mass is 397 g/mol. The fraction of sp³-hybridized carbons (Fsp3) is 0.600. The molecule has 0 heterocycles. The Morgan fingerprint density at radius 1 is 1.26 bits per heavy atom. The van der Waals surface area contributed by atoms with Gasteiger partial charge in [-0.2, -0.15) is 0 Å². The van der Waals surface area contributed by atoms with Gasteiger partial charge in [-0.25, -0.2) is 0 Å². The van der Waals surface area contributed by atoms with Crippen molar-refractivity contribution in [2.24, 2.45) is 21.6 Å². The van der Waals surface area contributed by atoms with Crippen molar-refractivity contribution in [1.29, 1.82) is 0 Å². The molecule has 0 saturated heterocycles. The summed E-state index contributed by atoms with van der Waals surface area (Å²) >= 11 is 5.77. The van der Waals surface area contributed by atoms with E-state index in [0.717, 1.165) is 22.8 Å². The van der Waals surface area contributed by atoms with E-state index in [4.69, 9.17) is 22.1 Å². The molecule has 0 fully saturated rings. The summed E-state index contributed by atoms with van der Waals surface area (Å²) in [5, 5.41) is 6.34. The molecule has 0 aromatic heterocycles. The Bertz CT molecular complexity index is 565. The third-order valence-electron chi connectivity index (χ3n) is 3.70. The lowest BCUT2D eigenvalue weighted by atomic mass is 9.97. The molecule has 27 heavy (non-hydrogen) atoms. The van der Waals surface area contributed by atoms with Gasteiger partial charge in [0.25, 0.3) is 0 Å². The zero-order chi connectivity index (χ0) is 20.7. The molecule has 0 aliphatic heterocycles. The van der Waals surface area contributed by atoms with Crippen LogP contribution in [0, 0.1) is 5.92 Å². The van der Waals surface area contributed by atoms with E-state index in [2.05, 4.69) is 34.5 Å². The third-order valence-corrected chi connectivity index (χ3v) is 4.08. The predicted molar refractivity (Wildman–Crippen MR) is 118 cm³/mol. The SMILES string of the molecule is C/C=C/OC(C)/C(=C\C(=C/N)NC(CCN=C(C)CCl)=NCNC)C(C)C. The highest BCUT2D eigenvalue weighted by Crippen LogP contribution is 2.19. The number of alkyl halides is 1. The molecule has 0 aliphatic carbocycles. The maximum absolute atomic E-state index is 5.86. The average molecular weight is 398 g/mol. The average Bonchev–Trinajstić information content (AvgIpc) is 2.66. The van der Waals surface area contributed by atoms with Gasteiger partial charge in [-0.05, 0) is 45.4 Å². The first kappa shape index (κ1) is 25.2. The highest BCUT2D eigenvalue weighted by molar-refractivity contribution is 6.28. The summed E-state index contributed by atoms with van der Waals surface area (Å²) in [6.07, 6.45) is 7.78. The summed E-state index contributed by atoms with van der Waals surface area (Å²) in [6, 6.07) is 0. The number of allylic oxidation sites excluding steroid dienone is 2. The van der Waals surface area contributed by atoms with Crippen molar-refractivity contribution in [1.82, 2.24) is 10.6 Å². The van der Waals surface area contributed by atoms with E-state index in [-0.39, 0.29) is 6.10 Å². The summed E-state index contributed by atoms with van der Waals surface area (Å²) in [7, 11) is 1.85. The van der Waals surface area contributed by atoms with E-state index in [1.54, 1.807) is 12.5 Å². The van der Waals surface area contributed by atoms with Gasteiger partial charge in [0.1, 0.15) is 11.9 Å². The first-order valence-corrected chi connectivity index (χ1v) is 9.83. The molecular formula is C20H36ClN5O. The first-order valence-electron chi connectivity index (χ1n) is 9.30. The van der Waals surface area contributed by atoms with Crippen molar-refractivity contribution < 1.29 is 4.74 Å². The van der Waals surface area contributed by atoms with Crippen molar-refractivity contribution in [3.05, 3.63) is 35.9 Å². The number of amidine groups is 1. The van der Waals surface area contributed by atoms with E-state index in [0.29, 0.717) is 31.4 Å². The lowest BCUT2D eigenvalue weighted by molar-refractivity contribution is 0.183. The van der Waals surface area contributed by atoms with Gasteiger partial charge in [0.15, 0.2) is 0 Å². The molecule has 6 nitrogen and oxygen atoms in total. The highest BCUT2D eigenvalue weighted by atomic mass is 35.5. The molecule has 154 valence electrons. The topological polar surface area (TPSA) is 84.0 Å². The van der Waals surface area contributed by atoms with Gasteiger partial charge in [0.2, 0.25) is 0 Å². The molecule has 0 spiro atoms. The van der Waals surface area contributed by atoms with Crippen LogP contribution in [0.5, 0.6) is 0 Å². The summed E-state index contributed by atoms with van der Waals surface area (Å²) in [5.41, 5.74) is 8.69. The van der Waals surface area contributed by atoms with Gasteiger partial charge in [-0.1, -0.05) is 19.9 Å². The first-order chi connectivity index (χ1) is 12.9. The number of hydrogen-bond acceptors (Lipinski definition) is 5. The smallest absolute Gasteiger partial charge is 0.117 e. The number of ether oxygens (including phenoxy) is 1. The number of hydrogen-bond donors (Lipinski definition) is 3. The minimum absolute atomic E-state index is 0.0494. The second-order valence-electron chi connectivity index (χ2n) is 6.41. The van der Waals surface area contributed by atoms with Gasteiger partial charge in [0.05, 0.1) is 24.5 Å². The maximum atomic E-state index is 5.86. The zero-order valence-corrected chi connectivity index (χ0v) is 18.3. The Morgan fingerprint density at radius 2 is 1.96 bits per heavy atom. The van der Waals surface area contributed by atoms with Crippen LogP contribution in [0.2, 0.25) is 0 Å². The molecule has 0 saturated carbocycles. The predicted octanol–water partition coefficient (Wildman–Crippen LogP) is 3.56. The quantitative estimate of drug-likeness (QED) is 0.154. The Kier molecular flexibility index (Phi) is 14.3. The van der Waals surface area contributed by atoms with Crippen LogP contribution in [-0.4, -0.2) is 43.8 Å². The van der Waals surface area contributed by atoms with Crippen LogP contribution in [0.3, 0.4) is 0 Å². The number of nitrogens with two attached hydrogens (primary N) is 1. The highest BCUT2D eigenvalue weighted by Gasteiger charge is 2.14. The standard InChI is InChI=1S/C20H36ClN5O/c1-7-10-27-17(5)19(15(2)3)11-18(13-22)26-20(25-14-23-6)8-9-24-16(4)12-21/h7,10-11,13,15,17,23H,8-9,12,14,22H2,1-6H3,(H,25,26)/b10-7+,18-13+,19-11-,24-16?. The van der Waals surface area contributed by atoms with Crippen LogP contribution in [-0.2, 0) is 4.74 Å². The fourth-order valence-electron chi connectivity index (χ4n) is 2.25. The van der Waals surface area contributed by atoms with E-state index < -0.39 is 0 Å². The van der Waals surface area contributed by atoms with E-state index >= 15 is 0 Å². The Hall–Kier alpha value is -1.79. The lowest BCUT2D eigenvalue weighted by Gasteiger charge is -2.20. The van der Waals surface area contributed by atoms with Crippen LogP contribution in [0.1, 0.15) is 41.0 Å². The largest absolute Gasteiger partial charge is 0.494 e. The van der Waals surface area contributed by atoms with Crippen molar-refractivity contribution in [3.8, 4) is 0 Å². The minimum Gasteiger partial charge on any atom is -0.494 e. The van der Waals surface area contributed by atoms with Gasteiger partial charge in [-0.15, -0.1) is 11.6 Å². The van der Waals surface area contributed by atoms with E-state index in [9.17, 15) is 0 Å². The summed E-state index contributed by atoms with van der Waals surface area (Å²) in [4.78, 5) is 8.95. The molecule has 0 radical (unpaired) electrons. The van der Waals surface area contributed by atoms with E-state index in [1.807, 2.05) is 40.0 Å². The lowest BCUT2D eigenvalue weighted by Crippen LogP contribution is -2.26. The molecule has 7 heteroatoms.